The van der Waals surface area contributed by atoms with E-state index in [1.54, 1.807) is 0 Å². The van der Waals surface area contributed by atoms with Gasteiger partial charge in [0.2, 0.25) is 0 Å². The molecule has 1 amide bonds. The smallest absolute Gasteiger partial charge is 0.355 e. The van der Waals surface area contributed by atoms with E-state index in [1.165, 1.54) is 5.38 Å². The van der Waals surface area contributed by atoms with Gasteiger partial charge in [-0.25, -0.2) is 9.78 Å². The summed E-state index contributed by atoms with van der Waals surface area (Å²) in [6.07, 6.45) is 0. The van der Waals surface area contributed by atoms with Crippen molar-refractivity contribution in [3.8, 4) is 0 Å². The Morgan fingerprint density at radius 1 is 1.57 bits per heavy atom. The summed E-state index contributed by atoms with van der Waals surface area (Å²) in [5.74, 6) is -1.46. The number of carboxylic acid groups (broad SMARTS) is 1. The predicted octanol–water partition coefficient (Wildman–Crippen LogP) is 0.979. The second-order valence-electron chi connectivity index (χ2n) is 2.97. The Hall–Kier alpha value is -1.43. The number of hydrogen-bond donors (Lipinski definition) is 2. The highest BCUT2D eigenvalue weighted by Gasteiger charge is 2.14. The lowest BCUT2D eigenvalue weighted by atomic mass is 10.4. The highest BCUT2D eigenvalue weighted by molar-refractivity contribution is 7.11. The standard InChI is InChI=1S/C8H10N2O3S/c1-4(2)9-6(11)7-10-5(3-14-7)8(12)13/h3-4H,1-2H3,(H,9,11)(H,12,13). The Bertz CT molecular complexity index is 359. The maximum absolute atomic E-state index is 11.3. The van der Waals surface area contributed by atoms with Crippen LogP contribution >= 0.6 is 11.3 Å². The monoisotopic (exact) mass is 214 g/mol. The van der Waals surface area contributed by atoms with Crippen molar-refractivity contribution < 1.29 is 14.7 Å². The molecular weight excluding hydrogens is 204 g/mol. The molecule has 0 fully saturated rings. The summed E-state index contributed by atoms with van der Waals surface area (Å²) >= 11 is 1.02. The molecule has 0 bridgehead atoms. The van der Waals surface area contributed by atoms with Gasteiger partial charge < -0.3 is 10.4 Å². The summed E-state index contributed by atoms with van der Waals surface area (Å²) in [5, 5.41) is 12.7. The molecule has 0 unspecified atom stereocenters. The number of nitrogens with one attached hydrogen (secondary N) is 1. The van der Waals surface area contributed by atoms with Crippen molar-refractivity contribution in [2.45, 2.75) is 19.9 Å². The minimum atomic E-state index is -1.12. The van der Waals surface area contributed by atoms with Crippen LogP contribution in [-0.2, 0) is 0 Å². The van der Waals surface area contributed by atoms with E-state index in [1.807, 2.05) is 13.8 Å². The summed E-state index contributed by atoms with van der Waals surface area (Å²) in [5.41, 5.74) is -0.0936. The number of carboxylic acids is 1. The van der Waals surface area contributed by atoms with Crippen LogP contribution in [-0.4, -0.2) is 28.0 Å². The van der Waals surface area contributed by atoms with Crippen LogP contribution in [0.4, 0.5) is 0 Å². The maximum atomic E-state index is 11.3. The van der Waals surface area contributed by atoms with Gasteiger partial charge in [-0.3, -0.25) is 4.79 Å². The zero-order valence-corrected chi connectivity index (χ0v) is 8.59. The SMILES string of the molecule is CC(C)NC(=O)c1nc(C(=O)O)cs1. The van der Waals surface area contributed by atoms with E-state index in [-0.39, 0.29) is 22.7 Å². The number of nitrogens with zero attached hydrogens (tertiary/aromatic N) is 1. The lowest BCUT2D eigenvalue weighted by Crippen LogP contribution is -2.30. The van der Waals surface area contributed by atoms with Gasteiger partial charge in [-0.1, -0.05) is 0 Å². The first-order valence-electron chi connectivity index (χ1n) is 4.00. The van der Waals surface area contributed by atoms with E-state index >= 15 is 0 Å². The van der Waals surface area contributed by atoms with Gasteiger partial charge in [0, 0.05) is 11.4 Å². The van der Waals surface area contributed by atoms with Crippen molar-refractivity contribution in [3.63, 3.8) is 0 Å². The molecule has 14 heavy (non-hydrogen) atoms. The summed E-state index contributed by atoms with van der Waals surface area (Å²) in [7, 11) is 0. The maximum Gasteiger partial charge on any atom is 0.355 e. The first-order valence-corrected chi connectivity index (χ1v) is 4.88. The van der Waals surface area contributed by atoms with Crippen LogP contribution < -0.4 is 5.32 Å². The Kier molecular flexibility index (Phi) is 3.19. The topological polar surface area (TPSA) is 79.3 Å². The average molecular weight is 214 g/mol. The van der Waals surface area contributed by atoms with E-state index in [4.69, 9.17) is 5.11 Å². The molecule has 0 aliphatic heterocycles. The molecule has 1 aromatic heterocycles. The van der Waals surface area contributed by atoms with Gasteiger partial charge in [0.15, 0.2) is 10.7 Å². The Morgan fingerprint density at radius 3 is 2.64 bits per heavy atom. The molecule has 1 rings (SSSR count). The van der Waals surface area contributed by atoms with E-state index < -0.39 is 5.97 Å². The van der Waals surface area contributed by atoms with Crippen LogP contribution in [0.3, 0.4) is 0 Å². The molecule has 0 radical (unpaired) electrons. The molecule has 0 saturated carbocycles. The van der Waals surface area contributed by atoms with Crippen LogP contribution in [0.15, 0.2) is 5.38 Å². The first kappa shape index (κ1) is 10.6. The van der Waals surface area contributed by atoms with Crippen LogP contribution in [0.2, 0.25) is 0 Å². The molecule has 76 valence electrons. The summed E-state index contributed by atoms with van der Waals surface area (Å²) in [6, 6.07) is 0.0136. The average Bonchev–Trinajstić information content (AvgIpc) is 2.50. The molecular formula is C8H10N2O3S. The van der Waals surface area contributed by atoms with E-state index in [9.17, 15) is 9.59 Å². The number of hydrogen-bond acceptors (Lipinski definition) is 4. The van der Waals surface area contributed by atoms with Gasteiger partial charge in [0.05, 0.1) is 0 Å². The predicted molar refractivity (Wildman–Crippen MR) is 51.7 cm³/mol. The fourth-order valence-electron chi connectivity index (χ4n) is 0.800. The zero-order chi connectivity index (χ0) is 10.7. The van der Waals surface area contributed by atoms with E-state index in [2.05, 4.69) is 10.3 Å². The van der Waals surface area contributed by atoms with Gasteiger partial charge in [-0.05, 0) is 13.8 Å². The molecule has 0 atom stereocenters. The molecule has 5 nitrogen and oxygen atoms in total. The molecule has 6 heteroatoms. The first-order chi connectivity index (χ1) is 6.50. The lowest BCUT2D eigenvalue weighted by molar-refractivity contribution is 0.0691. The van der Waals surface area contributed by atoms with E-state index in [0.717, 1.165) is 11.3 Å². The fraction of sp³-hybridized carbons (Fsp3) is 0.375. The van der Waals surface area contributed by atoms with Gasteiger partial charge in [0.1, 0.15) is 0 Å². The summed E-state index contributed by atoms with van der Waals surface area (Å²) in [6.45, 7) is 3.65. The lowest BCUT2D eigenvalue weighted by Gasteiger charge is -2.04. The Balaban J connectivity index is 2.76. The third kappa shape index (κ3) is 2.53. The zero-order valence-electron chi connectivity index (χ0n) is 7.77. The molecule has 2 N–H and O–H groups in total. The molecule has 0 aromatic carbocycles. The Morgan fingerprint density at radius 2 is 2.21 bits per heavy atom. The van der Waals surface area contributed by atoms with Crippen LogP contribution in [0, 0.1) is 0 Å². The van der Waals surface area contributed by atoms with Gasteiger partial charge >= 0.3 is 5.97 Å². The molecule has 0 aliphatic carbocycles. The van der Waals surface area contributed by atoms with Crippen LogP contribution in [0.1, 0.15) is 34.1 Å². The van der Waals surface area contributed by atoms with Crippen molar-refractivity contribution in [3.05, 3.63) is 16.1 Å². The molecule has 0 saturated heterocycles. The number of amides is 1. The quantitative estimate of drug-likeness (QED) is 0.786. The largest absolute Gasteiger partial charge is 0.476 e. The van der Waals surface area contributed by atoms with Crippen LogP contribution in [0.25, 0.3) is 0 Å². The third-order valence-electron chi connectivity index (χ3n) is 1.34. The summed E-state index contributed by atoms with van der Waals surface area (Å²) in [4.78, 5) is 25.5. The van der Waals surface area contributed by atoms with Crippen molar-refractivity contribution in [2.75, 3.05) is 0 Å². The van der Waals surface area contributed by atoms with Crippen molar-refractivity contribution >= 4 is 23.2 Å². The number of aromatic nitrogens is 1. The third-order valence-corrected chi connectivity index (χ3v) is 2.18. The summed E-state index contributed by atoms with van der Waals surface area (Å²) < 4.78 is 0. The number of carbonyl (C=O) groups is 2. The number of carbonyl (C=O) groups excluding carboxylic acids is 1. The van der Waals surface area contributed by atoms with Gasteiger partial charge in [-0.2, -0.15) is 0 Å². The highest BCUT2D eigenvalue weighted by atomic mass is 32.1. The minimum Gasteiger partial charge on any atom is -0.476 e. The van der Waals surface area contributed by atoms with Crippen molar-refractivity contribution in [1.29, 1.82) is 0 Å². The van der Waals surface area contributed by atoms with Crippen molar-refractivity contribution in [1.82, 2.24) is 10.3 Å². The van der Waals surface area contributed by atoms with Crippen LogP contribution in [0.5, 0.6) is 0 Å². The molecule has 1 heterocycles. The molecule has 0 spiro atoms. The Labute approximate surface area is 84.8 Å². The number of aromatic carboxylic acids is 1. The normalized spacial score (nSPS) is 10.2. The fourth-order valence-corrected chi connectivity index (χ4v) is 1.49. The van der Waals surface area contributed by atoms with E-state index in [0.29, 0.717) is 0 Å². The number of thiazole rings is 1. The van der Waals surface area contributed by atoms with Gasteiger partial charge in [-0.15, -0.1) is 11.3 Å². The van der Waals surface area contributed by atoms with Gasteiger partial charge in [0.25, 0.3) is 5.91 Å². The number of rotatable bonds is 3. The second-order valence-corrected chi connectivity index (χ2v) is 3.83. The highest BCUT2D eigenvalue weighted by Crippen LogP contribution is 2.09. The van der Waals surface area contributed by atoms with Crippen molar-refractivity contribution in [2.24, 2.45) is 0 Å². The second kappa shape index (κ2) is 4.19. The molecule has 1 aromatic rings. The minimum absolute atomic E-state index is 0.0136. The molecule has 0 aliphatic rings.